The van der Waals surface area contributed by atoms with Crippen molar-refractivity contribution in [2.75, 3.05) is 13.3 Å². The van der Waals surface area contributed by atoms with E-state index in [-0.39, 0.29) is 17.9 Å². The highest BCUT2D eigenvalue weighted by Gasteiger charge is 2.19. The number of piperidine rings is 1. The van der Waals surface area contributed by atoms with Crippen LogP contribution in [0.25, 0.3) is 0 Å². The number of rotatable bonds is 5. The number of hydrogen-bond acceptors (Lipinski definition) is 5. The molecule has 2 aliphatic rings. The van der Waals surface area contributed by atoms with Gasteiger partial charge in [0.1, 0.15) is 5.56 Å². The number of pyridine rings is 1. The van der Waals surface area contributed by atoms with Crippen molar-refractivity contribution >= 4 is 5.91 Å². The maximum atomic E-state index is 12.4. The van der Waals surface area contributed by atoms with Gasteiger partial charge in [-0.25, -0.2) is 0 Å². The molecule has 1 aromatic carbocycles. The van der Waals surface area contributed by atoms with Gasteiger partial charge in [-0.15, -0.1) is 0 Å². The second-order valence-corrected chi connectivity index (χ2v) is 7.41. The summed E-state index contributed by atoms with van der Waals surface area (Å²) >= 11 is 0. The molecule has 148 valence electrons. The zero-order valence-corrected chi connectivity index (χ0v) is 16.0. The summed E-state index contributed by atoms with van der Waals surface area (Å²) in [5.41, 5.74) is 1.48. The second kappa shape index (κ2) is 8.06. The zero-order valence-electron chi connectivity index (χ0n) is 16.0. The minimum Gasteiger partial charge on any atom is -0.454 e. The summed E-state index contributed by atoms with van der Waals surface area (Å²) in [7, 11) is 0. The van der Waals surface area contributed by atoms with Gasteiger partial charge < -0.3 is 19.8 Å². The summed E-state index contributed by atoms with van der Waals surface area (Å²) in [6.07, 6.45) is 3.64. The van der Waals surface area contributed by atoms with Crippen LogP contribution >= 0.6 is 0 Å². The number of aromatic amines is 1. The van der Waals surface area contributed by atoms with E-state index in [0.29, 0.717) is 30.6 Å². The molecule has 3 heterocycles. The number of fused-ring (bicyclic) bond motifs is 1. The molecule has 1 saturated heterocycles. The van der Waals surface area contributed by atoms with Crippen molar-refractivity contribution in [3.05, 3.63) is 57.5 Å². The fourth-order valence-electron chi connectivity index (χ4n) is 3.73. The van der Waals surface area contributed by atoms with Gasteiger partial charge in [0.15, 0.2) is 11.5 Å². The van der Waals surface area contributed by atoms with Gasteiger partial charge in [0.25, 0.3) is 11.5 Å². The fourth-order valence-corrected chi connectivity index (χ4v) is 3.73. The van der Waals surface area contributed by atoms with Crippen LogP contribution in [0.15, 0.2) is 35.1 Å². The highest BCUT2D eigenvalue weighted by molar-refractivity contribution is 5.93. The monoisotopic (exact) mass is 383 g/mol. The minimum absolute atomic E-state index is 0.121. The van der Waals surface area contributed by atoms with Crippen molar-refractivity contribution in [3.8, 4) is 11.5 Å². The Morgan fingerprint density at radius 3 is 2.89 bits per heavy atom. The van der Waals surface area contributed by atoms with Crippen LogP contribution in [0.5, 0.6) is 11.5 Å². The Bertz CT molecular complexity index is 924. The molecular weight excluding hydrogens is 358 g/mol. The zero-order chi connectivity index (χ0) is 19.5. The summed E-state index contributed by atoms with van der Waals surface area (Å²) in [4.78, 5) is 30.1. The Kier molecular flexibility index (Phi) is 5.34. The first-order chi connectivity index (χ1) is 13.6. The normalized spacial score (nSPS) is 18.8. The van der Waals surface area contributed by atoms with Gasteiger partial charge in [0.05, 0.1) is 0 Å². The first-order valence-electron chi connectivity index (χ1n) is 9.73. The van der Waals surface area contributed by atoms with E-state index < -0.39 is 5.91 Å². The van der Waals surface area contributed by atoms with E-state index in [2.05, 4.69) is 22.1 Å². The summed E-state index contributed by atoms with van der Waals surface area (Å²) in [6, 6.07) is 9.46. The molecular formula is C21H25N3O4. The molecule has 2 N–H and O–H groups in total. The van der Waals surface area contributed by atoms with Crippen LogP contribution in [-0.4, -0.2) is 35.2 Å². The largest absolute Gasteiger partial charge is 0.454 e. The third-order valence-corrected chi connectivity index (χ3v) is 5.42. The molecule has 1 fully saturated rings. The van der Waals surface area contributed by atoms with Gasteiger partial charge in [0.2, 0.25) is 6.79 Å². The number of nitrogens with one attached hydrogen (secondary N) is 2. The number of carbonyl (C=O) groups is 1. The average Bonchev–Trinajstić information content (AvgIpc) is 3.16. The topological polar surface area (TPSA) is 83.7 Å². The average molecular weight is 383 g/mol. The van der Waals surface area contributed by atoms with Crippen molar-refractivity contribution in [2.24, 2.45) is 0 Å². The van der Waals surface area contributed by atoms with E-state index in [1.807, 2.05) is 24.3 Å². The van der Waals surface area contributed by atoms with Crippen molar-refractivity contribution in [3.63, 3.8) is 0 Å². The standard InChI is InChI=1S/C21H25N3O4/c1-14-4-2-3-9-24(14)12-16-6-7-17(21(26)23-16)20(25)22-11-15-5-8-18-19(10-15)28-13-27-18/h5-8,10,14H,2-4,9,11-13H2,1H3,(H,22,25)(H,23,26). The van der Waals surface area contributed by atoms with Gasteiger partial charge >= 0.3 is 0 Å². The predicted molar refractivity (Wildman–Crippen MR) is 105 cm³/mol. The summed E-state index contributed by atoms with van der Waals surface area (Å²) in [5, 5.41) is 2.79. The fraction of sp³-hybridized carbons (Fsp3) is 0.429. The lowest BCUT2D eigenvalue weighted by atomic mass is 10.0. The number of ether oxygens (including phenoxy) is 2. The number of H-pyrrole nitrogens is 1. The van der Waals surface area contributed by atoms with Gasteiger partial charge in [-0.1, -0.05) is 12.5 Å². The van der Waals surface area contributed by atoms with Crippen LogP contribution < -0.4 is 20.3 Å². The van der Waals surface area contributed by atoms with Crippen LogP contribution in [0.3, 0.4) is 0 Å². The van der Waals surface area contributed by atoms with E-state index in [1.54, 1.807) is 6.07 Å². The molecule has 7 nitrogen and oxygen atoms in total. The Balaban J connectivity index is 1.38. The predicted octanol–water partition coefficient (Wildman–Crippen LogP) is 2.41. The molecule has 0 saturated carbocycles. The lowest BCUT2D eigenvalue weighted by Gasteiger charge is -2.33. The molecule has 1 aromatic heterocycles. The first-order valence-corrected chi connectivity index (χ1v) is 9.73. The molecule has 4 rings (SSSR count). The van der Waals surface area contributed by atoms with Crippen molar-refractivity contribution in [2.45, 2.75) is 45.3 Å². The van der Waals surface area contributed by atoms with Gasteiger partial charge in [-0.2, -0.15) is 0 Å². The molecule has 28 heavy (non-hydrogen) atoms. The van der Waals surface area contributed by atoms with Crippen LogP contribution in [0, 0.1) is 0 Å². The lowest BCUT2D eigenvalue weighted by Crippen LogP contribution is -2.37. The molecule has 0 radical (unpaired) electrons. The smallest absolute Gasteiger partial charge is 0.261 e. The maximum Gasteiger partial charge on any atom is 0.261 e. The lowest BCUT2D eigenvalue weighted by molar-refractivity contribution is 0.0949. The number of aromatic nitrogens is 1. The SMILES string of the molecule is CC1CCCCN1Cc1ccc(C(=O)NCc2ccc3c(c2)OCO3)c(=O)[nH]1. The first kappa shape index (κ1) is 18.6. The van der Waals surface area contributed by atoms with Gasteiger partial charge in [0, 0.05) is 24.8 Å². The minimum atomic E-state index is -0.392. The number of hydrogen-bond donors (Lipinski definition) is 2. The summed E-state index contributed by atoms with van der Waals surface area (Å²) in [6.45, 7) is 4.48. The molecule has 1 unspecified atom stereocenters. The number of nitrogens with zero attached hydrogens (tertiary/aromatic N) is 1. The van der Waals surface area contributed by atoms with E-state index in [1.165, 1.54) is 19.3 Å². The Hall–Kier alpha value is -2.80. The van der Waals surface area contributed by atoms with Gasteiger partial charge in [-0.05, 0) is 56.1 Å². The highest BCUT2D eigenvalue weighted by Crippen LogP contribution is 2.32. The van der Waals surface area contributed by atoms with Crippen molar-refractivity contribution in [1.29, 1.82) is 0 Å². The molecule has 2 aliphatic heterocycles. The van der Waals surface area contributed by atoms with Crippen molar-refractivity contribution in [1.82, 2.24) is 15.2 Å². The maximum absolute atomic E-state index is 12.4. The Morgan fingerprint density at radius 2 is 2.07 bits per heavy atom. The Labute approximate surface area is 163 Å². The van der Waals surface area contributed by atoms with E-state index in [4.69, 9.17) is 9.47 Å². The van der Waals surface area contributed by atoms with E-state index >= 15 is 0 Å². The van der Waals surface area contributed by atoms with Crippen LogP contribution in [-0.2, 0) is 13.1 Å². The van der Waals surface area contributed by atoms with Gasteiger partial charge in [-0.3, -0.25) is 14.5 Å². The number of amides is 1. The summed E-state index contributed by atoms with van der Waals surface area (Å²) < 4.78 is 10.6. The van der Waals surface area contributed by atoms with Crippen LogP contribution in [0.2, 0.25) is 0 Å². The molecule has 0 bridgehead atoms. The molecule has 1 atom stereocenters. The third-order valence-electron chi connectivity index (χ3n) is 5.42. The molecule has 1 amide bonds. The van der Waals surface area contributed by atoms with Crippen LogP contribution in [0.1, 0.15) is 47.8 Å². The number of likely N-dealkylation sites (tertiary alicyclic amines) is 1. The highest BCUT2D eigenvalue weighted by atomic mass is 16.7. The molecule has 0 spiro atoms. The number of benzene rings is 1. The quantitative estimate of drug-likeness (QED) is 0.828. The third kappa shape index (κ3) is 4.04. The van der Waals surface area contributed by atoms with E-state index in [9.17, 15) is 9.59 Å². The van der Waals surface area contributed by atoms with E-state index in [0.717, 1.165) is 17.8 Å². The number of carbonyl (C=O) groups excluding carboxylic acids is 1. The van der Waals surface area contributed by atoms with Crippen molar-refractivity contribution < 1.29 is 14.3 Å². The van der Waals surface area contributed by atoms with Crippen LogP contribution in [0.4, 0.5) is 0 Å². The molecule has 0 aliphatic carbocycles. The Morgan fingerprint density at radius 1 is 1.21 bits per heavy atom. The second-order valence-electron chi connectivity index (χ2n) is 7.41. The molecule has 7 heteroatoms. The molecule has 2 aromatic rings. The summed E-state index contributed by atoms with van der Waals surface area (Å²) in [5.74, 6) is 0.975.